The van der Waals surface area contributed by atoms with Crippen LogP contribution in [0.4, 0.5) is 18.0 Å². The molecule has 2 atom stereocenters. The molecule has 1 aliphatic heterocycles. The number of halogens is 3. The van der Waals surface area contributed by atoms with Crippen molar-refractivity contribution in [1.29, 1.82) is 0 Å². The van der Waals surface area contributed by atoms with E-state index in [9.17, 15) is 27.9 Å². The maximum atomic E-state index is 12.6. The van der Waals surface area contributed by atoms with Crippen molar-refractivity contribution < 1.29 is 33.0 Å². The molecule has 1 saturated heterocycles. The molecule has 8 heteroatoms. The molecular formula is C14H14F3NO4. The molecule has 1 aliphatic rings. The lowest BCUT2D eigenvalue weighted by Gasteiger charge is -2.25. The van der Waals surface area contributed by atoms with E-state index in [0.717, 1.165) is 17.0 Å². The first-order valence-corrected chi connectivity index (χ1v) is 6.44. The van der Waals surface area contributed by atoms with Gasteiger partial charge in [0, 0.05) is 19.0 Å². The molecule has 1 amide bonds. The summed E-state index contributed by atoms with van der Waals surface area (Å²) in [6.07, 6.45) is -5.72. The first kappa shape index (κ1) is 16.1. The van der Waals surface area contributed by atoms with Gasteiger partial charge in [-0.3, -0.25) is 4.79 Å². The third kappa shape index (κ3) is 2.72. The molecule has 0 saturated carbocycles. The van der Waals surface area contributed by atoms with Gasteiger partial charge < -0.3 is 15.1 Å². The number of nitrogens with zero attached hydrogens (tertiary/aromatic N) is 1. The van der Waals surface area contributed by atoms with Crippen molar-refractivity contribution in [3.05, 3.63) is 35.4 Å². The summed E-state index contributed by atoms with van der Waals surface area (Å²) in [5.41, 5.74) is -1.83. The molecule has 2 unspecified atom stereocenters. The highest BCUT2D eigenvalue weighted by atomic mass is 19.4. The lowest BCUT2D eigenvalue weighted by atomic mass is 9.76. The molecule has 120 valence electrons. The number of aliphatic carboxylic acids is 1. The van der Waals surface area contributed by atoms with Crippen molar-refractivity contribution in [1.82, 2.24) is 4.90 Å². The highest BCUT2D eigenvalue weighted by Gasteiger charge is 2.51. The molecule has 0 radical (unpaired) electrons. The van der Waals surface area contributed by atoms with Crippen LogP contribution >= 0.6 is 0 Å². The molecular weight excluding hydrogens is 303 g/mol. The van der Waals surface area contributed by atoms with Crippen LogP contribution in [0.15, 0.2) is 24.3 Å². The van der Waals surface area contributed by atoms with E-state index in [2.05, 4.69) is 0 Å². The Balaban J connectivity index is 2.37. The molecule has 2 N–H and O–H groups in total. The topological polar surface area (TPSA) is 77.8 Å². The van der Waals surface area contributed by atoms with E-state index in [0.29, 0.717) is 5.56 Å². The molecule has 0 aliphatic carbocycles. The predicted octanol–water partition coefficient (Wildman–Crippen LogP) is 2.87. The van der Waals surface area contributed by atoms with E-state index in [4.69, 9.17) is 5.11 Å². The summed E-state index contributed by atoms with van der Waals surface area (Å²) >= 11 is 0. The summed E-state index contributed by atoms with van der Waals surface area (Å²) in [6, 6.07) is 4.17. The zero-order valence-corrected chi connectivity index (χ0v) is 11.6. The molecule has 5 nitrogen and oxygen atoms in total. The van der Waals surface area contributed by atoms with Gasteiger partial charge >= 0.3 is 18.2 Å². The minimum Gasteiger partial charge on any atom is -0.481 e. The minimum absolute atomic E-state index is 0.0660. The molecule has 1 heterocycles. The Morgan fingerprint density at radius 1 is 1.23 bits per heavy atom. The van der Waals surface area contributed by atoms with Crippen molar-refractivity contribution >= 4 is 12.1 Å². The summed E-state index contributed by atoms with van der Waals surface area (Å²) in [5, 5.41) is 18.4. The van der Waals surface area contributed by atoms with Crippen LogP contribution in [-0.2, 0) is 11.0 Å². The Bertz CT molecular complexity index is 599. The monoisotopic (exact) mass is 317 g/mol. The van der Waals surface area contributed by atoms with Crippen LogP contribution in [-0.4, -0.2) is 40.3 Å². The zero-order valence-electron chi connectivity index (χ0n) is 11.6. The average Bonchev–Trinajstić information content (AvgIpc) is 2.78. The number of carboxylic acids is 1. The number of hydrogen-bond donors (Lipinski definition) is 2. The van der Waals surface area contributed by atoms with Gasteiger partial charge in [0.1, 0.15) is 0 Å². The first-order chi connectivity index (χ1) is 10.1. The standard InChI is InChI=1S/C14H14F3NO4/c1-13(11(19)20)7-18(12(21)22)6-10(13)8-2-4-9(5-3-8)14(15,16)17/h2-5,10H,6-7H2,1H3,(H,19,20)(H,21,22). The SMILES string of the molecule is CC1(C(=O)O)CN(C(=O)O)CC1c1ccc(C(F)(F)F)cc1. The fourth-order valence-corrected chi connectivity index (χ4v) is 2.73. The van der Waals surface area contributed by atoms with Crippen molar-refractivity contribution in [2.45, 2.75) is 19.0 Å². The maximum Gasteiger partial charge on any atom is 0.416 e. The summed E-state index contributed by atoms with van der Waals surface area (Å²) in [5.74, 6) is -1.88. The summed E-state index contributed by atoms with van der Waals surface area (Å²) in [6.45, 7) is 1.13. The number of benzene rings is 1. The van der Waals surface area contributed by atoms with Crippen molar-refractivity contribution in [2.75, 3.05) is 13.1 Å². The fraction of sp³-hybridized carbons (Fsp3) is 0.429. The summed E-state index contributed by atoms with van der Waals surface area (Å²) in [7, 11) is 0. The van der Waals surface area contributed by atoms with E-state index < -0.39 is 35.1 Å². The molecule has 0 aromatic heterocycles. The minimum atomic E-state index is -4.47. The van der Waals surface area contributed by atoms with Gasteiger partial charge in [-0.15, -0.1) is 0 Å². The number of hydrogen-bond acceptors (Lipinski definition) is 2. The Hall–Kier alpha value is -2.25. The summed E-state index contributed by atoms with van der Waals surface area (Å²) in [4.78, 5) is 23.5. The highest BCUT2D eigenvalue weighted by molar-refractivity contribution is 5.78. The molecule has 0 spiro atoms. The number of amides is 1. The number of likely N-dealkylation sites (tertiary alicyclic amines) is 1. The first-order valence-electron chi connectivity index (χ1n) is 6.44. The Morgan fingerprint density at radius 3 is 2.18 bits per heavy atom. The van der Waals surface area contributed by atoms with Gasteiger partial charge in [-0.1, -0.05) is 12.1 Å². The Labute approximate surface area is 124 Å². The molecule has 1 aromatic rings. The van der Waals surface area contributed by atoms with Gasteiger partial charge in [-0.2, -0.15) is 13.2 Å². The third-order valence-corrected chi connectivity index (χ3v) is 4.09. The van der Waals surface area contributed by atoms with Crippen LogP contribution in [0.5, 0.6) is 0 Å². The van der Waals surface area contributed by atoms with Crippen LogP contribution in [0.25, 0.3) is 0 Å². The molecule has 22 heavy (non-hydrogen) atoms. The maximum absolute atomic E-state index is 12.6. The van der Waals surface area contributed by atoms with Crippen molar-refractivity contribution in [3.63, 3.8) is 0 Å². The van der Waals surface area contributed by atoms with E-state index in [1.807, 2.05) is 0 Å². The fourth-order valence-electron chi connectivity index (χ4n) is 2.73. The van der Waals surface area contributed by atoms with Crippen LogP contribution in [0.3, 0.4) is 0 Å². The number of rotatable bonds is 2. The van der Waals surface area contributed by atoms with Gasteiger partial charge in [0.05, 0.1) is 11.0 Å². The van der Waals surface area contributed by atoms with E-state index in [1.165, 1.54) is 19.1 Å². The van der Waals surface area contributed by atoms with Crippen LogP contribution in [0.1, 0.15) is 24.0 Å². The lowest BCUT2D eigenvalue weighted by molar-refractivity contribution is -0.148. The van der Waals surface area contributed by atoms with Crippen molar-refractivity contribution in [2.24, 2.45) is 5.41 Å². The van der Waals surface area contributed by atoms with Gasteiger partial charge in [0.15, 0.2) is 0 Å². The molecule has 1 fully saturated rings. The normalized spacial score (nSPS) is 25.3. The van der Waals surface area contributed by atoms with E-state index in [-0.39, 0.29) is 13.1 Å². The molecule has 1 aromatic carbocycles. The van der Waals surface area contributed by atoms with Crippen molar-refractivity contribution in [3.8, 4) is 0 Å². The Kier molecular flexibility index (Phi) is 3.80. The summed E-state index contributed by atoms with van der Waals surface area (Å²) < 4.78 is 37.7. The number of carbonyl (C=O) groups is 2. The highest BCUT2D eigenvalue weighted by Crippen LogP contribution is 2.43. The third-order valence-electron chi connectivity index (χ3n) is 4.09. The second-order valence-electron chi connectivity index (χ2n) is 5.56. The smallest absolute Gasteiger partial charge is 0.416 e. The molecule has 2 rings (SSSR count). The molecule has 0 bridgehead atoms. The van der Waals surface area contributed by atoms with Gasteiger partial charge in [-0.05, 0) is 24.6 Å². The predicted molar refractivity (Wildman–Crippen MR) is 69.5 cm³/mol. The average molecular weight is 317 g/mol. The van der Waals surface area contributed by atoms with Crippen LogP contribution < -0.4 is 0 Å². The van der Waals surface area contributed by atoms with E-state index in [1.54, 1.807) is 0 Å². The zero-order chi connectivity index (χ0) is 16.7. The van der Waals surface area contributed by atoms with Crippen LogP contribution in [0, 0.1) is 5.41 Å². The van der Waals surface area contributed by atoms with Gasteiger partial charge in [0.2, 0.25) is 0 Å². The second-order valence-corrected chi connectivity index (χ2v) is 5.56. The second kappa shape index (κ2) is 5.19. The van der Waals surface area contributed by atoms with Gasteiger partial charge in [-0.25, -0.2) is 4.79 Å². The number of alkyl halides is 3. The quantitative estimate of drug-likeness (QED) is 0.879. The lowest BCUT2D eigenvalue weighted by Crippen LogP contribution is -2.36. The van der Waals surface area contributed by atoms with Crippen LogP contribution in [0.2, 0.25) is 0 Å². The largest absolute Gasteiger partial charge is 0.481 e. The van der Waals surface area contributed by atoms with E-state index >= 15 is 0 Å². The van der Waals surface area contributed by atoms with Gasteiger partial charge in [0.25, 0.3) is 0 Å². The Morgan fingerprint density at radius 2 is 1.77 bits per heavy atom. The number of carboxylic acid groups (broad SMARTS) is 2.